The number of ether oxygens (including phenoxy) is 1. The van der Waals surface area contributed by atoms with E-state index < -0.39 is 0 Å². The van der Waals surface area contributed by atoms with Crippen LogP contribution >= 0.6 is 11.8 Å². The molecule has 1 aliphatic rings. The van der Waals surface area contributed by atoms with Gasteiger partial charge in [-0.2, -0.15) is 0 Å². The summed E-state index contributed by atoms with van der Waals surface area (Å²) in [6.45, 7) is 4.31. The summed E-state index contributed by atoms with van der Waals surface area (Å²) in [5, 5.41) is 4.53. The molecule has 0 saturated carbocycles. The van der Waals surface area contributed by atoms with Crippen LogP contribution in [0.1, 0.15) is 36.6 Å². The lowest BCUT2D eigenvalue weighted by Crippen LogP contribution is -2.30. The van der Waals surface area contributed by atoms with Crippen molar-refractivity contribution in [2.75, 3.05) is 12.0 Å². The molecule has 158 valence electrons. The summed E-state index contributed by atoms with van der Waals surface area (Å²) in [7, 11) is 1.60. The third-order valence-corrected chi connectivity index (χ3v) is 5.86. The van der Waals surface area contributed by atoms with Crippen molar-refractivity contribution in [3.63, 3.8) is 0 Å². The molecule has 0 aliphatic carbocycles. The molecule has 4 rings (SSSR count). The zero-order valence-electron chi connectivity index (χ0n) is 17.6. The maximum atomic E-state index is 13.3. The van der Waals surface area contributed by atoms with Crippen LogP contribution in [0.5, 0.6) is 5.75 Å². The summed E-state index contributed by atoms with van der Waals surface area (Å²) < 4.78 is 10.2. The average Bonchev–Trinajstić information content (AvgIpc) is 3.41. The van der Waals surface area contributed by atoms with Gasteiger partial charge in [-0.15, -0.1) is 0 Å². The SMILES string of the molecule is COc1cccc(N2C(=O)/C(=C/c3ccc(C(C)C)cc3)N=C2SCc2ccon2)c1. The fraction of sp³-hybridized carbons (Fsp3) is 0.208. The number of amides is 1. The van der Waals surface area contributed by atoms with Gasteiger partial charge in [0.25, 0.3) is 5.91 Å². The molecular formula is C24H23N3O3S. The standard InChI is InChI=1S/C24H23N3O3S/c1-16(2)18-9-7-17(8-10-18)13-22-23(28)27(20-5-4-6-21(14-20)29-3)24(25-22)31-15-19-11-12-30-26-19/h4-14,16H,15H2,1-3H3/b22-13-. The largest absolute Gasteiger partial charge is 0.497 e. The van der Waals surface area contributed by atoms with Gasteiger partial charge in [-0.05, 0) is 35.3 Å². The summed E-state index contributed by atoms with van der Waals surface area (Å²) in [4.78, 5) is 19.6. The molecule has 0 fully saturated rings. The number of carbonyl (C=O) groups excluding carboxylic acids is 1. The lowest BCUT2D eigenvalue weighted by molar-refractivity contribution is -0.113. The van der Waals surface area contributed by atoms with E-state index in [1.807, 2.05) is 42.5 Å². The number of amidine groups is 1. The van der Waals surface area contributed by atoms with Crippen LogP contribution in [-0.4, -0.2) is 23.3 Å². The molecule has 1 aromatic heterocycles. The third-order valence-electron chi connectivity index (χ3n) is 4.89. The van der Waals surface area contributed by atoms with Crippen LogP contribution in [-0.2, 0) is 10.5 Å². The van der Waals surface area contributed by atoms with Crippen LogP contribution in [0.3, 0.4) is 0 Å². The maximum absolute atomic E-state index is 13.3. The van der Waals surface area contributed by atoms with E-state index in [4.69, 9.17) is 9.26 Å². The Hall–Kier alpha value is -3.32. The number of anilines is 1. The van der Waals surface area contributed by atoms with Crippen molar-refractivity contribution in [3.8, 4) is 5.75 Å². The molecule has 0 bridgehead atoms. The van der Waals surface area contributed by atoms with E-state index in [-0.39, 0.29) is 5.91 Å². The molecule has 31 heavy (non-hydrogen) atoms. The molecular weight excluding hydrogens is 410 g/mol. The van der Waals surface area contributed by atoms with Crippen LogP contribution in [0.4, 0.5) is 5.69 Å². The number of hydrogen-bond donors (Lipinski definition) is 0. The molecule has 3 aromatic rings. The Labute approximate surface area is 185 Å². The zero-order valence-corrected chi connectivity index (χ0v) is 18.4. The smallest absolute Gasteiger partial charge is 0.283 e. The van der Waals surface area contributed by atoms with Gasteiger partial charge in [0.2, 0.25) is 0 Å². The van der Waals surface area contributed by atoms with E-state index in [9.17, 15) is 4.79 Å². The molecule has 7 heteroatoms. The van der Waals surface area contributed by atoms with E-state index in [1.165, 1.54) is 23.6 Å². The molecule has 0 atom stereocenters. The van der Waals surface area contributed by atoms with E-state index in [0.29, 0.717) is 34.0 Å². The van der Waals surface area contributed by atoms with Crippen molar-refractivity contribution in [1.82, 2.24) is 5.16 Å². The summed E-state index contributed by atoms with van der Waals surface area (Å²) >= 11 is 1.43. The average molecular weight is 434 g/mol. The molecule has 0 N–H and O–H groups in total. The normalized spacial score (nSPS) is 15.1. The van der Waals surface area contributed by atoms with E-state index in [2.05, 4.69) is 36.1 Å². The molecule has 1 aliphatic heterocycles. The summed E-state index contributed by atoms with van der Waals surface area (Å²) in [6, 6.07) is 17.4. The highest BCUT2D eigenvalue weighted by Gasteiger charge is 2.32. The minimum absolute atomic E-state index is 0.177. The first-order chi connectivity index (χ1) is 15.0. The molecule has 2 heterocycles. The highest BCUT2D eigenvalue weighted by atomic mass is 32.2. The topological polar surface area (TPSA) is 67.9 Å². The molecule has 1 amide bonds. The van der Waals surface area contributed by atoms with Crippen LogP contribution in [0, 0.1) is 0 Å². The Bertz CT molecular complexity index is 1120. The van der Waals surface area contributed by atoms with Crippen LogP contribution in [0.25, 0.3) is 6.08 Å². The highest BCUT2D eigenvalue weighted by Crippen LogP contribution is 2.32. The Kier molecular flexibility index (Phi) is 6.23. The predicted molar refractivity (Wildman–Crippen MR) is 124 cm³/mol. The fourth-order valence-corrected chi connectivity index (χ4v) is 4.06. The van der Waals surface area contributed by atoms with Gasteiger partial charge in [-0.3, -0.25) is 9.69 Å². The van der Waals surface area contributed by atoms with Gasteiger partial charge in [0.1, 0.15) is 17.7 Å². The minimum Gasteiger partial charge on any atom is -0.497 e. The first-order valence-electron chi connectivity index (χ1n) is 9.96. The molecule has 0 saturated heterocycles. The first-order valence-corrected chi connectivity index (χ1v) is 10.9. The lowest BCUT2D eigenvalue weighted by Gasteiger charge is -2.18. The van der Waals surface area contributed by atoms with E-state index in [0.717, 1.165) is 11.3 Å². The second-order valence-corrected chi connectivity index (χ2v) is 8.31. The van der Waals surface area contributed by atoms with Gasteiger partial charge < -0.3 is 9.26 Å². The van der Waals surface area contributed by atoms with E-state index >= 15 is 0 Å². The second kappa shape index (κ2) is 9.22. The van der Waals surface area contributed by atoms with Crippen molar-refractivity contribution in [2.45, 2.75) is 25.5 Å². The molecule has 6 nitrogen and oxygen atoms in total. The van der Waals surface area contributed by atoms with Gasteiger partial charge in [-0.25, -0.2) is 4.99 Å². The van der Waals surface area contributed by atoms with Crippen molar-refractivity contribution in [3.05, 3.63) is 83.4 Å². The van der Waals surface area contributed by atoms with Crippen molar-refractivity contribution in [1.29, 1.82) is 0 Å². The summed E-state index contributed by atoms with van der Waals surface area (Å²) in [6.07, 6.45) is 3.35. The maximum Gasteiger partial charge on any atom is 0.283 e. The van der Waals surface area contributed by atoms with Crippen LogP contribution < -0.4 is 9.64 Å². The van der Waals surface area contributed by atoms with Gasteiger partial charge >= 0.3 is 0 Å². The zero-order chi connectivity index (χ0) is 21.8. The molecule has 2 aromatic carbocycles. The monoisotopic (exact) mass is 433 g/mol. The quantitative estimate of drug-likeness (QED) is 0.481. The molecule has 0 radical (unpaired) electrons. The number of nitrogens with zero attached hydrogens (tertiary/aromatic N) is 3. The number of methoxy groups -OCH3 is 1. The van der Waals surface area contributed by atoms with Crippen LogP contribution in [0.15, 0.2) is 76.1 Å². The van der Waals surface area contributed by atoms with Gasteiger partial charge in [-0.1, -0.05) is 61.1 Å². The third kappa shape index (κ3) is 4.72. The van der Waals surface area contributed by atoms with Gasteiger partial charge in [0.15, 0.2) is 5.17 Å². The van der Waals surface area contributed by atoms with Gasteiger partial charge in [0, 0.05) is 17.9 Å². The van der Waals surface area contributed by atoms with Crippen molar-refractivity contribution in [2.24, 2.45) is 4.99 Å². The van der Waals surface area contributed by atoms with Gasteiger partial charge in [0.05, 0.1) is 18.5 Å². The fourth-order valence-electron chi connectivity index (χ4n) is 3.16. The Morgan fingerprint density at radius 3 is 2.65 bits per heavy atom. The van der Waals surface area contributed by atoms with Crippen LogP contribution in [0.2, 0.25) is 0 Å². The first kappa shape index (κ1) is 20.9. The number of aromatic nitrogens is 1. The van der Waals surface area contributed by atoms with Crippen molar-refractivity contribution < 1.29 is 14.1 Å². The molecule has 0 unspecified atom stereocenters. The van der Waals surface area contributed by atoms with Crippen molar-refractivity contribution >= 4 is 34.6 Å². The minimum atomic E-state index is -0.177. The molecule has 0 spiro atoms. The van der Waals surface area contributed by atoms with E-state index in [1.54, 1.807) is 18.1 Å². The predicted octanol–water partition coefficient (Wildman–Crippen LogP) is 5.48. The number of aliphatic imine (C=N–C) groups is 1. The number of rotatable bonds is 6. The lowest BCUT2D eigenvalue weighted by atomic mass is 10.0. The number of thioether (sulfide) groups is 1. The summed E-state index contributed by atoms with van der Waals surface area (Å²) in [5.41, 5.74) is 4.07. The number of carbonyl (C=O) groups is 1. The Morgan fingerprint density at radius 2 is 1.97 bits per heavy atom. The Balaban J connectivity index is 1.66. The Morgan fingerprint density at radius 1 is 1.16 bits per heavy atom. The number of benzene rings is 2. The second-order valence-electron chi connectivity index (χ2n) is 7.37. The number of hydrogen-bond acceptors (Lipinski definition) is 6. The highest BCUT2D eigenvalue weighted by molar-refractivity contribution is 8.13. The summed E-state index contributed by atoms with van der Waals surface area (Å²) in [5.74, 6) is 1.49.